The van der Waals surface area contributed by atoms with Gasteiger partial charge in [0, 0.05) is 17.6 Å². The number of fused-ring (bicyclic) bond motifs is 1. The van der Waals surface area contributed by atoms with E-state index in [1.165, 1.54) is 30.2 Å². The van der Waals surface area contributed by atoms with Crippen LogP contribution in [0.25, 0.3) is 10.9 Å². The molecule has 0 amide bonds. The molecule has 1 aromatic carbocycles. The summed E-state index contributed by atoms with van der Waals surface area (Å²) in [6.07, 6.45) is 6.97. The summed E-state index contributed by atoms with van der Waals surface area (Å²) in [7, 11) is 0. The molecular formula is C18H24N2. The van der Waals surface area contributed by atoms with Crippen LogP contribution in [0.1, 0.15) is 38.7 Å². The molecule has 20 heavy (non-hydrogen) atoms. The molecule has 3 rings (SSSR count). The third-order valence-corrected chi connectivity index (χ3v) is 4.76. The van der Waals surface area contributed by atoms with Crippen molar-refractivity contribution in [1.82, 2.24) is 10.3 Å². The van der Waals surface area contributed by atoms with E-state index in [0.717, 1.165) is 18.5 Å². The smallest absolute Gasteiger partial charge is 0.0734 e. The van der Waals surface area contributed by atoms with Crippen molar-refractivity contribution in [1.29, 1.82) is 0 Å². The zero-order valence-corrected chi connectivity index (χ0v) is 12.5. The average Bonchev–Trinajstić information content (AvgIpc) is 2.78. The number of para-hydroxylation sites is 1. The molecule has 0 spiro atoms. The number of nitrogens with zero attached hydrogens (tertiary/aromatic N) is 1. The van der Waals surface area contributed by atoms with E-state index >= 15 is 0 Å². The van der Waals surface area contributed by atoms with Crippen molar-refractivity contribution in [2.75, 3.05) is 6.54 Å². The van der Waals surface area contributed by atoms with Gasteiger partial charge in [-0.25, -0.2) is 0 Å². The summed E-state index contributed by atoms with van der Waals surface area (Å²) in [5.74, 6) is 0. The summed E-state index contributed by atoms with van der Waals surface area (Å²) in [6, 6.07) is 11.3. The van der Waals surface area contributed by atoms with E-state index in [-0.39, 0.29) is 0 Å². The fourth-order valence-corrected chi connectivity index (χ4v) is 3.46. The molecule has 1 saturated carbocycles. The fourth-order valence-electron chi connectivity index (χ4n) is 3.46. The van der Waals surface area contributed by atoms with Crippen LogP contribution in [0.4, 0.5) is 0 Å². The molecule has 2 nitrogen and oxygen atoms in total. The molecule has 1 aromatic heterocycles. The van der Waals surface area contributed by atoms with Gasteiger partial charge in [0.25, 0.3) is 0 Å². The van der Waals surface area contributed by atoms with Gasteiger partial charge in [-0.3, -0.25) is 4.98 Å². The van der Waals surface area contributed by atoms with Crippen LogP contribution in [-0.2, 0) is 6.42 Å². The number of benzene rings is 1. The van der Waals surface area contributed by atoms with Gasteiger partial charge in [-0.15, -0.1) is 0 Å². The van der Waals surface area contributed by atoms with Crippen molar-refractivity contribution < 1.29 is 0 Å². The molecule has 1 fully saturated rings. The molecule has 1 heterocycles. The molecule has 1 atom stereocenters. The zero-order valence-electron chi connectivity index (χ0n) is 12.5. The molecule has 1 aliphatic rings. The number of hydrogen-bond donors (Lipinski definition) is 1. The Morgan fingerprint density at radius 3 is 2.90 bits per heavy atom. The van der Waals surface area contributed by atoms with Crippen LogP contribution in [-0.4, -0.2) is 17.6 Å². The Hall–Kier alpha value is -1.41. The van der Waals surface area contributed by atoms with E-state index in [1.54, 1.807) is 0 Å². The Balaban J connectivity index is 1.66. The standard InChI is InChI=1S/C18H24N2/c1-18(2)11-4-9-16(18)19-13-10-15-7-3-6-14-8-5-12-20-17(14)15/h3,5-8,12,16,19H,4,9-11,13H2,1-2H3. The highest BCUT2D eigenvalue weighted by Gasteiger charge is 2.33. The Morgan fingerprint density at radius 1 is 1.25 bits per heavy atom. The van der Waals surface area contributed by atoms with E-state index in [9.17, 15) is 0 Å². The van der Waals surface area contributed by atoms with Gasteiger partial charge in [0.2, 0.25) is 0 Å². The first-order chi connectivity index (χ1) is 9.67. The maximum atomic E-state index is 4.53. The van der Waals surface area contributed by atoms with Crippen LogP contribution in [0.15, 0.2) is 36.5 Å². The lowest BCUT2D eigenvalue weighted by molar-refractivity contribution is 0.285. The van der Waals surface area contributed by atoms with E-state index in [1.807, 2.05) is 12.3 Å². The number of nitrogens with one attached hydrogen (secondary N) is 1. The van der Waals surface area contributed by atoms with Crippen LogP contribution in [0.2, 0.25) is 0 Å². The Labute approximate surface area is 121 Å². The maximum absolute atomic E-state index is 4.53. The van der Waals surface area contributed by atoms with Crippen molar-refractivity contribution in [3.8, 4) is 0 Å². The SMILES string of the molecule is CC1(C)CCCC1NCCc1cccc2cccnc12. The van der Waals surface area contributed by atoms with Crippen molar-refractivity contribution in [3.05, 3.63) is 42.1 Å². The molecule has 106 valence electrons. The van der Waals surface area contributed by atoms with Gasteiger partial charge in [-0.2, -0.15) is 0 Å². The monoisotopic (exact) mass is 268 g/mol. The van der Waals surface area contributed by atoms with Gasteiger partial charge in [0.1, 0.15) is 0 Å². The quantitative estimate of drug-likeness (QED) is 0.908. The highest BCUT2D eigenvalue weighted by atomic mass is 14.9. The van der Waals surface area contributed by atoms with E-state index in [4.69, 9.17) is 0 Å². The summed E-state index contributed by atoms with van der Waals surface area (Å²) in [5, 5.41) is 5.00. The Morgan fingerprint density at radius 2 is 2.10 bits per heavy atom. The van der Waals surface area contributed by atoms with Crippen molar-refractivity contribution in [3.63, 3.8) is 0 Å². The summed E-state index contributed by atoms with van der Waals surface area (Å²) in [5.41, 5.74) is 2.96. The first-order valence-corrected chi connectivity index (χ1v) is 7.73. The van der Waals surface area contributed by atoms with Gasteiger partial charge in [0.15, 0.2) is 0 Å². The lowest BCUT2D eigenvalue weighted by atomic mass is 9.87. The molecule has 0 radical (unpaired) electrons. The second-order valence-electron chi connectivity index (χ2n) is 6.63. The van der Waals surface area contributed by atoms with Gasteiger partial charge >= 0.3 is 0 Å². The predicted octanol–water partition coefficient (Wildman–Crippen LogP) is 3.95. The lowest BCUT2D eigenvalue weighted by Gasteiger charge is -2.28. The largest absolute Gasteiger partial charge is 0.313 e. The summed E-state index contributed by atoms with van der Waals surface area (Å²) >= 11 is 0. The van der Waals surface area contributed by atoms with Crippen molar-refractivity contribution >= 4 is 10.9 Å². The molecule has 1 N–H and O–H groups in total. The zero-order chi connectivity index (χ0) is 14.0. The summed E-state index contributed by atoms with van der Waals surface area (Å²) < 4.78 is 0. The second-order valence-corrected chi connectivity index (χ2v) is 6.63. The van der Waals surface area contributed by atoms with E-state index < -0.39 is 0 Å². The van der Waals surface area contributed by atoms with Gasteiger partial charge in [0.05, 0.1) is 5.52 Å². The number of aromatic nitrogens is 1. The fraction of sp³-hybridized carbons (Fsp3) is 0.500. The molecule has 0 bridgehead atoms. The molecule has 0 saturated heterocycles. The highest BCUT2D eigenvalue weighted by Crippen LogP contribution is 2.37. The van der Waals surface area contributed by atoms with Crippen LogP contribution in [0, 0.1) is 5.41 Å². The van der Waals surface area contributed by atoms with Crippen molar-refractivity contribution in [2.24, 2.45) is 5.41 Å². The molecular weight excluding hydrogens is 244 g/mol. The topological polar surface area (TPSA) is 24.9 Å². The van der Waals surface area contributed by atoms with Gasteiger partial charge in [-0.05, 0) is 42.9 Å². The maximum Gasteiger partial charge on any atom is 0.0734 e. The molecule has 1 aliphatic carbocycles. The minimum absolute atomic E-state index is 0.455. The number of hydrogen-bond acceptors (Lipinski definition) is 2. The molecule has 1 unspecified atom stereocenters. The average molecular weight is 268 g/mol. The summed E-state index contributed by atoms with van der Waals surface area (Å²) in [6.45, 7) is 5.82. The minimum atomic E-state index is 0.455. The van der Waals surface area contributed by atoms with Gasteiger partial charge < -0.3 is 5.32 Å². The predicted molar refractivity (Wildman–Crippen MR) is 84.9 cm³/mol. The highest BCUT2D eigenvalue weighted by molar-refractivity contribution is 5.81. The van der Waals surface area contributed by atoms with Crippen LogP contribution in [0.5, 0.6) is 0 Å². The third-order valence-electron chi connectivity index (χ3n) is 4.76. The normalized spacial score (nSPS) is 21.4. The lowest BCUT2D eigenvalue weighted by Crippen LogP contribution is -2.38. The molecule has 2 heteroatoms. The Bertz CT molecular complexity index is 583. The molecule has 0 aliphatic heterocycles. The second kappa shape index (κ2) is 5.53. The van der Waals surface area contributed by atoms with E-state index in [0.29, 0.717) is 11.5 Å². The van der Waals surface area contributed by atoms with E-state index in [2.05, 4.69) is 48.4 Å². The summed E-state index contributed by atoms with van der Waals surface area (Å²) in [4.78, 5) is 4.53. The van der Waals surface area contributed by atoms with Crippen LogP contribution >= 0.6 is 0 Å². The van der Waals surface area contributed by atoms with Crippen LogP contribution < -0.4 is 5.32 Å². The van der Waals surface area contributed by atoms with Crippen molar-refractivity contribution in [2.45, 2.75) is 45.6 Å². The van der Waals surface area contributed by atoms with Gasteiger partial charge in [-0.1, -0.05) is 44.5 Å². The van der Waals surface area contributed by atoms with Crippen LogP contribution in [0.3, 0.4) is 0 Å². The first-order valence-electron chi connectivity index (χ1n) is 7.73. The minimum Gasteiger partial charge on any atom is -0.313 e. The molecule has 2 aromatic rings. The first kappa shape index (κ1) is 13.6. The number of pyridine rings is 1. The Kier molecular flexibility index (Phi) is 3.75. The number of rotatable bonds is 4. The third kappa shape index (κ3) is 2.71.